The van der Waals surface area contributed by atoms with Crippen molar-refractivity contribution in [2.24, 2.45) is 0 Å². The van der Waals surface area contributed by atoms with Gasteiger partial charge in [-0.25, -0.2) is 13.2 Å². The third kappa shape index (κ3) is 6.00. The maximum atomic E-state index is 14.1. The SMILES string of the molecule is COC(=O)c1ccc(CN(Cc2ccc(C(F)(F)P(=O)(O)O)c(Cl)c2)S(=O)(=O)c2ccccc2)cc1. The number of nitrogens with zero attached hydrogens (tertiary/aromatic N) is 1. The average molecular weight is 560 g/mol. The summed E-state index contributed by atoms with van der Waals surface area (Å²) >= 11 is 5.92. The Labute approximate surface area is 211 Å². The van der Waals surface area contributed by atoms with E-state index in [1.54, 1.807) is 30.3 Å². The van der Waals surface area contributed by atoms with Gasteiger partial charge in [0.2, 0.25) is 10.0 Å². The number of hydrogen-bond donors (Lipinski definition) is 2. The second-order valence-corrected chi connectivity index (χ2v) is 11.7. The Morgan fingerprint density at radius 1 is 1.00 bits per heavy atom. The molecule has 0 heterocycles. The number of carbonyl (C=O) groups excluding carboxylic acids is 1. The van der Waals surface area contributed by atoms with Gasteiger partial charge in [0.15, 0.2) is 0 Å². The van der Waals surface area contributed by atoms with Crippen LogP contribution in [-0.4, -0.2) is 35.6 Å². The van der Waals surface area contributed by atoms with Crippen LogP contribution in [0.25, 0.3) is 0 Å². The molecule has 192 valence electrons. The molecule has 0 unspecified atom stereocenters. The van der Waals surface area contributed by atoms with E-state index >= 15 is 0 Å². The molecule has 0 bridgehead atoms. The van der Waals surface area contributed by atoms with E-state index in [1.165, 1.54) is 31.4 Å². The number of carbonyl (C=O) groups is 1. The molecule has 0 spiro atoms. The minimum Gasteiger partial charge on any atom is -0.465 e. The molecule has 36 heavy (non-hydrogen) atoms. The number of rotatable bonds is 9. The summed E-state index contributed by atoms with van der Waals surface area (Å²) in [5, 5.41) is -0.625. The fraction of sp³-hybridized carbons (Fsp3) is 0.174. The molecule has 0 aliphatic carbocycles. The quantitative estimate of drug-likeness (QED) is 0.287. The maximum Gasteiger partial charge on any atom is 0.399 e. The minimum absolute atomic E-state index is 0.00747. The van der Waals surface area contributed by atoms with Crippen molar-refractivity contribution < 1.29 is 41.1 Å². The first-order valence-corrected chi connectivity index (χ1v) is 13.6. The Morgan fingerprint density at radius 2 is 1.56 bits per heavy atom. The molecule has 2 N–H and O–H groups in total. The number of halogens is 3. The van der Waals surface area contributed by atoms with Crippen LogP contribution in [-0.2, 0) is 38.1 Å². The molecule has 0 aliphatic rings. The highest BCUT2D eigenvalue weighted by molar-refractivity contribution is 7.89. The molecule has 0 atom stereocenters. The molecular formula is C23H21ClF2NO7PS. The van der Waals surface area contributed by atoms with E-state index in [9.17, 15) is 26.6 Å². The van der Waals surface area contributed by atoms with Gasteiger partial charge >= 0.3 is 19.2 Å². The van der Waals surface area contributed by atoms with Gasteiger partial charge in [-0.1, -0.05) is 54.1 Å². The molecule has 8 nitrogen and oxygen atoms in total. The fourth-order valence-corrected chi connectivity index (χ4v) is 5.63. The van der Waals surface area contributed by atoms with E-state index < -0.39 is 39.8 Å². The van der Waals surface area contributed by atoms with Gasteiger partial charge in [0.25, 0.3) is 0 Å². The zero-order valence-electron chi connectivity index (χ0n) is 18.7. The van der Waals surface area contributed by atoms with Crippen LogP contribution in [0.3, 0.4) is 0 Å². The number of benzene rings is 3. The van der Waals surface area contributed by atoms with Gasteiger partial charge < -0.3 is 14.5 Å². The average Bonchev–Trinajstić information content (AvgIpc) is 2.83. The van der Waals surface area contributed by atoms with Crippen LogP contribution in [0.2, 0.25) is 5.02 Å². The van der Waals surface area contributed by atoms with E-state index in [2.05, 4.69) is 4.74 Å². The second kappa shape index (κ2) is 10.8. The number of alkyl halides is 2. The van der Waals surface area contributed by atoms with Crippen LogP contribution in [0.1, 0.15) is 27.0 Å². The Kier molecular flexibility index (Phi) is 8.34. The fourth-order valence-electron chi connectivity index (χ4n) is 3.30. The number of ether oxygens (including phenoxy) is 1. The van der Waals surface area contributed by atoms with Crippen molar-refractivity contribution in [2.75, 3.05) is 7.11 Å². The molecule has 0 saturated heterocycles. The van der Waals surface area contributed by atoms with E-state index in [-0.39, 0.29) is 29.1 Å². The van der Waals surface area contributed by atoms with Gasteiger partial charge in [0.1, 0.15) is 0 Å². The van der Waals surface area contributed by atoms with Gasteiger partial charge in [-0.3, -0.25) is 4.57 Å². The van der Waals surface area contributed by atoms with Crippen LogP contribution < -0.4 is 0 Å². The monoisotopic (exact) mass is 559 g/mol. The Morgan fingerprint density at radius 3 is 2.08 bits per heavy atom. The minimum atomic E-state index is -5.84. The van der Waals surface area contributed by atoms with Crippen molar-refractivity contribution in [1.82, 2.24) is 4.31 Å². The molecule has 0 amide bonds. The first-order valence-electron chi connectivity index (χ1n) is 10.2. The predicted molar refractivity (Wildman–Crippen MR) is 128 cm³/mol. The molecule has 13 heteroatoms. The summed E-state index contributed by atoms with van der Waals surface area (Å²) < 4.78 is 72.0. The van der Waals surface area contributed by atoms with Crippen molar-refractivity contribution in [3.05, 3.63) is 100 Å². The standard InChI is InChI=1S/C23H21ClF2NO7PS/c1-34-22(28)18-10-7-16(8-11-18)14-27(36(32,33)19-5-3-2-4-6-19)15-17-9-12-20(21(24)13-17)23(25,26)35(29,30)31/h2-13H,14-15H2,1H3,(H2,29,30,31). The van der Waals surface area contributed by atoms with Crippen LogP contribution in [0, 0.1) is 0 Å². The summed E-state index contributed by atoms with van der Waals surface area (Å²) in [4.78, 5) is 29.7. The van der Waals surface area contributed by atoms with Gasteiger partial charge in [0.05, 0.1) is 28.2 Å². The molecule has 0 aliphatic heterocycles. The summed E-state index contributed by atoms with van der Waals surface area (Å²) in [6, 6.07) is 16.5. The number of hydrogen-bond acceptors (Lipinski definition) is 5. The molecule has 3 rings (SSSR count). The Bertz CT molecular complexity index is 1400. The topological polar surface area (TPSA) is 121 Å². The van der Waals surface area contributed by atoms with Gasteiger partial charge in [0, 0.05) is 13.1 Å². The number of esters is 1. The lowest BCUT2D eigenvalue weighted by molar-refractivity contribution is 0.0565. The van der Waals surface area contributed by atoms with Crippen molar-refractivity contribution >= 4 is 35.2 Å². The maximum absolute atomic E-state index is 14.1. The molecular weight excluding hydrogens is 539 g/mol. The second-order valence-electron chi connectivity index (χ2n) is 7.67. The smallest absolute Gasteiger partial charge is 0.399 e. The van der Waals surface area contributed by atoms with Gasteiger partial charge in [-0.15, -0.1) is 0 Å². The summed E-state index contributed by atoms with van der Waals surface area (Å²) in [5.74, 6) is -0.558. The molecule has 3 aromatic rings. The van der Waals surface area contributed by atoms with Crippen molar-refractivity contribution in [3.8, 4) is 0 Å². The van der Waals surface area contributed by atoms with Crippen LogP contribution >= 0.6 is 19.2 Å². The number of sulfonamides is 1. The first-order chi connectivity index (χ1) is 16.8. The van der Waals surface area contributed by atoms with E-state index in [0.717, 1.165) is 22.5 Å². The van der Waals surface area contributed by atoms with Crippen LogP contribution in [0.4, 0.5) is 8.78 Å². The normalized spacial score (nSPS) is 12.5. The summed E-state index contributed by atoms with van der Waals surface area (Å²) in [6.07, 6.45) is 0. The zero-order chi connectivity index (χ0) is 26.7. The van der Waals surface area contributed by atoms with Crippen LogP contribution in [0.5, 0.6) is 0 Å². The summed E-state index contributed by atoms with van der Waals surface area (Å²) in [6.45, 7) is -0.436. The van der Waals surface area contributed by atoms with Crippen molar-refractivity contribution in [1.29, 1.82) is 0 Å². The zero-order valence-corrected chi connectivity index (χ0v) is 21.2. The Balaban J connectivity index is 1.98. The summed E-state index contributed by atoms with van der Waals surface area (Å²) in [7, 11) is -8.69. The lowest BCUT2D eigenvalue weighted by Gasteiger charge is -2.24. The highest BCUT2D eigenvalue weighted by Crippen LogP contribution is 2.60. The molecule has 0 fully saturated rings. The van der Waals surface area contributed by atoms with Gasteiger partial charge in [-0.2, -0.15) is 13.1 Å². The molecule has 0 aromatic heterocycles. The third-order valence-corrected chi connectivity index (χ3v) is 8.29. The lowest BCUT2D eigenvalue weighted by Crippen LogP contribution is -2.30. The molecule has 3 aromatic carbocycles. The highest BCUT2D eigenvalue weighted by atomic mass is 35.5. The van der Waals surface area contributed by atoms with Crippen LogP contribution in [0.15, 0.2) is 77.7 Å². The number of methoxy groups -OCH3 is 1. The van der Waals surface area contributed by atoms with Crippen molar-refractivity contribution in [2.45, 2.75) is 23.6 Å². The molecule has 0 saturated carbocycles. The van der Waals surface area contributed by atoms with Gasteiger partial charge in [-0.05, 0) is 41.5 Å². The van der Waals surface area contributed by atoms with E-state index in [1.807, 2.05) is 0 Å². The first kappa shape index (κ1) is 27.9. The third-order valence-electron chi connectivity index (χ3n) is 5.20. The molecule has 0 radical (unpaired) electrons. The van der Waals surface area contributed by atoms with Crippen molar-refractivity contribution in [3.63, 3.8) is 0 Å². The summed E-state index contributed by atoms with van der Waals surface area (Å²) in [5.41, 5.74) is -4.59. The Hall–Kier alpha value is -2.66. The van der Waals surface area contributed by atoms with E-state index in [0.29, 0.717) is 5.56 Å². The lowest BCUT2D eigenvalue weighted by atomic mass is 10.1. The van der Waals surface area contributed by atoms with E-state index in [4.69, 9.17) is 21.4 Å². The highest BCUT2D eigenvalue weighted by Gasteiger charge is 2.51. The largest absolute Gasteiger partial charge is 0.465 e. The predicted octanol–water partition coefficient (Wildman–Crippen LogP) is 4.74.